The van der Waals surface area contributed by atoms with E-state index in [4.69, 9.17) is 23.2 Å². The zero-order chi connectivity index (χ0) is 26.6. The Labute approximate surface area is 227 Å². The third-order valence-corrected chi connectivity index (χ3v) is 6.58. The van der Waals surface area contributed by atoms with E-state index in [2.05, 4.69) is 31.6 Å². The monoisotopic (exact) mass is 553 g/mol. The van der Waals surface area contributed by atoms with Crippen LogP contribution in [-0.4, -0.2) is 46.2 Å². The molecule has 194 valence electrons. The quantitative estimate of drug-likeness (QED) is 0.274. The van der Waals surface area contributed by atoms with Crippen LogP contribution in [0.3, 0.4) is 0 Å². The van der Waals surface area contributed by atoms with Gasteiger partial charge in [-0.1, -0.05) is 41.4 Å². The molecule has 1 saturated heterocycles. The van der Waals surface area contributed by atoms with Crippen molar-refractivity contribution in [1.82, 2.24) is 30.9 Å². The lowest BCUT2D eigenvalue weighted by Gasteiger charge is -2.12. The summed E-state index contributed by atoms with van der Waals surface area (Å²) in [5.74, 6) is -1.08. The maximum Gasteiger partial charge on any atom is 0.271 e. The zero-order valence-electron chi connectivity index (χ0n) is 19.8. The van der Waals surface area contributed by atoms with Crippen LogP contribution < -0.4 is 21.5 Å². The summed E-state index contributed by atoms with van der Waals surface area (Å²) in [6.07, 6.45) is 1.42. The van der Waals surface area contributed by atoms with Crippen molar-refractivity contribution < 1.29 is 14.0 Å². The number of hydrogen-bond acceptors (Lipinski definition) is 6. The molecule has 0 unspecified atom stereocenters. The highest BCUT2D eigenvalue weighted by atomic mass is 35.5. The molecular weight excluding hydrogens is 532 g/mol. The first-order valence-corrected chi connectivity index (χ1v) is 12.5. The molecule has 4 aromatic rings. The second-order valence-electron chi connectivity index (χ2n) is 8.60. The Morgan fingerprint density at radius 2 is 1.76 bits per heavy atom. The summed E-state index contributed by atoms with van der Waals surface area (Å²) in [5, 5.41) is 10.3. The number of nitrogens with zero attached hydrogens (tertiary/aromatic N) is 3. The average molecular weight is 554 g/mol. The molecule has 2 aromatic carbocycles. The summed E-state index contributed by atoms with van der Waals surface area (Å²) < 4.78 is 15.9. The molecule has 0 bridgehead atoms. The van der Waals surface area contributed by atoms with Crippen LogP contribution in [0, 0.1) is 11.7 Å². The van der Waals surface area contributed by atoms with Crippen LogP contribution in [0.5, 0.6) is 0 Å². The molecule has 0 radical (unpaired) electrons. The minimum atomic E-state index is -0.601. The summed E-state index contributed by atoms with van der Waals surface area (Å²) in [6.45, 7) is 1.95. The number of nitrogens with one attached hydrogen (secondary N) is 4. The number of halogens is 3. The summed E-state index contributed by atoms with van der Waals surface area (Å²) in [7, 11) is 0. The van der Waals surface area contributed by atoms with E-state index in [-0.39, 0.29) is 50.2 Å². The Hall–Kier alpha value is -3.83. The molecule has 1 fully saturated rings. The SMILES string of the molecule is O=C(NCC1CNNC1)c1cc(NC(=O)c2cc(-c3ncccc3F)c(Cl)cc2Cl)n(-c2ccccc2)n1. The third-order valence-electron chi connectivity index (χ3n) is 5.96. The van der Waals surface area contributed by atoms with E-state index in [1.54, 1.807) is 12.1 Å². The Bertz CT molecular complexity index is 1490. The van der Waals surface area contributed by atoms with Crippen LogP contribution in [0.1, 0.15) is 20.8 Å². The van der Waals surface area contributed by atoms with Gasteiger partial charge in [0.1, 0.15) is 17.3 Å². The van der Waals surface area contributed by atoms with Crippen molar-refractivity contribution in [3.05, 3.63) is 94.0 Å². The maximum absolute atomic E-state index is 14.4. The zero-order valence-corrected chi connectivity index (χ0v) is 21.4. The summed E-state index contributed by atoms with van der Waals surface area (Å²) in [4.78, 5) is 30.3. The van der Waals surface area contributed by atoms with Gasteiger partial charge in [0.2, 0.25) is 0 Å². The molecule has 2 aromatic heterocycles. The maximum atomic E-state index is 14.4. The van der Waals surface area contributed by atoms with Gasteiger partial charge < -0.3 is 10.6 Å². The number of anilines is 1. The second-order valence-corrected chi connectivity index (χ2v) is 9.41. The van der Waals surface area contributed by atoms with E-state index >= 15 is 0 Å². The Kier molecular flexibility index (Phi) is 7.66. The number of carbonyl (C=O) groups is 2. The van der Waals surface area contributed by atoms with Gasteiger partial charge in [-0.2, -0.15) is 5.10 Å². The molecule has 38 heavy (non-hydrogen) atoms. The van der Waals surface area contributed by atoms with Crippen molar-refractivity contribution in [2.24, 2.45) is 5.92 Å². The number of rotatable bonds is 7. The predicted molar refractivity (Wildman–Crippen MR) is 143 cm³/mol. The molecule has 0 spiro atoms. The first-order chi connectivity index (χ1) is 18.4. The molecule has 12 heteroatoms. The number of pyridine rings is 1. The highest BCUT2D eigenvalue weighted by molar-refractivity contribution is 6.38. The van der Waals surface area contributed by atoms with Crippen LogP contribution in [0.25, 0.3) is 16.9 Å². The minimum Gasteiger partial charge on any atom is -0.350 e. The van der Waals surface area contributed by atoms with Crippen molar-refractivity contribution in [2.45, 2.75) is 0 Å². The fourth-order valence-electron chi connectivity index (χ4n) is 4.00. The number of para-hydroxylation sites is 1. The van der Waals surface area contributed by atoms with Gasteiger partial charge in [-0.05, 0) is 36.4 Å². The average Bonchev–Trinajstić information content (AvgIpc) is 3.59. The molecule has 0 atom stereocenters. The molecule has 4 N–H and O–H groups in total. The van der Waals surface area contributed by atoms with Gasteiger partial charge in [-0.15, -0.1) is 0 Å². The van der Waals surface area contributed by atoms with Crippen LogP contribution in [0.15, 0.2) is 66.9 Å². The van der Waals surface area contributed by atoms with Crippen molar-refractivity contribution >= 4 is 40.8 Å². The van der Waals surface area contributed by atoms with Crippen LogP contribution in [-0.2, 0) is 0 Å². The van der Waals surface area contributed by atoms with Gasteiger partial charge >= 0.3 is 0 Å². The van der Waals surface area contributed by atoms with Crippen LogP contribution >= 0.6 is 23.2 Å². The number of hydrazine groups is 1. The van der Waals surface area contributed by atoms with E-state index in [1.165, 1.54) is 41.2 Å². The standard InChI is InChI=1S/C26H22Cl2FN7O2/c27-19-10-20(28)18(9-17(19)24-21(29)7-4-8-30-24)25(37)34-23-11-22(26(38)31-12-15-13-32-33-14-15)35-36(23)16-5-2-1-3-6-16/h1-11,15,32-33H,12-14H2,(H,31,38)(H,34,37). The first-order valence-electron chi connectivity index (χ1n) is 11.7. The fourth-order valence-corrected chi connectivity index (χ4v) is 4.55. The Balaban J connectivity index is 1.45. The van der Waals surface area contributed by atoms with Gasteiger partial charge in [-0.3, -0.25) is 25.4 Å². The number of carbonyl (C=O) groups excluding carboxylic acids is 2. The molecule has 1 aliphatic heterocycles. The lowest BCUT2D eigenvalue weighted by molar-refractivity contribution is 0.0942. The molecule has 3 heterocycles. The van der Waals surface area contributed by atoms with E-state index in [9.17, 15) is 14.0 Å². The number of aromatic nitrogens is 3. The lowest BCUT2D eigenvalue weighted by atomic mass is 10.1. The van der Waals surface area contributed by atoms with Gasteiger partial charge in [0.25, 0.3) is 11.8 Å². The highest BCUT2D eigenvalue weighted by Crippen LogP contribution is 2.33. The van der Waals surface area contributed by atoms with Gasteiger partial charge in [0.05, 0.1) is 21.3 Å². The summed E-state index contributed by atoms with van der Waals surface area (Å²) in [6, 6.07) is 16.0. The van der Waals surface area contributed by atoms with Crippen LogP contribution in [0.2, 0.25) is 10.0 Å². The second kappa shape index (κ2) is 11.3. The largest absolute Gasteiger partial charge is 0.350 e. The summed E-state index contributed by atoms with van der Waals surface area (Å²) in [5.41, 5.74) is 7.05. The lowest BCUT2D eigenvalue weighted by Crippen LogP contribution is -2.31. The minimum absolute atomic E-state index is 0.0100. The topological polar surface area (TPSA) is 113 Å². The number of hydrogen-bond donors (Lipinski definition) is 4. The van der Waals surface area contributed by atoms with E-state index in [0.717, 1.165) is 13.1 Å². The number of benzene rings is 2. The highest BCUT2D eigenvalue weighted by Gasteiger charge is 2.22. The normalized spacial score (nSPS) is 13.4. The van der Waals surface area contributed by atoms with Crippen molar-refractivity contribution in [3.8, 4) is 16.9 Å². The van der Waals surface area contributed by atoms with Gasteiger partial charge in [0, 0.05) is 43.4 Å². The smallest absolute Gasteiger partial charge is 0.271 e. The molecule has 0 aliphatic carbocycles. The Morgan fingerprint density at radius 3 is 2.50 bits per heavy atom. The van der Waals surface area contributed by atoms with E-state index < -0.39 is 11.7 Å². The molecule has 2 amide bonds. The van der Waals surface area contributed by atoms with Crippen molar-refractivity contribution in [3.63, 3.8) is 0 Å². The van der Waals surface area contributed by atoms with Gasteiger partial charge in [0.15, 0.2) is 5.69 Å². The van der Waals surface area contributed by atoms with E-state index in [1.807, 2.05) is 18.2 Å². The summed E-state index contributed by atoms with van der Waals surface area (Å²) >= 11 is 12.7. The third kappa shape index (κ3) is 5.53. The fraction of sp³-hybridized carbons (Fsp3) is 0.154. The van der Waals surface area contributed by atoms with E-state index in [0.29, 0.717) is 12.2 Å². The molecule has 1 aliphatic rings. The van der Waals surface area contributed by atoms with Crippen molar-refractivity contribution in [2.75, 3.05) is 25.0 Å². The molecule has 0 saturated carbocycles. The van der Waals surface area contributed by atoms with Crippen LogP contribution in [0.4, 0.5) is 10.2 Å². The Morgan fingerprint density at radius 1 is 1.00 bits per heavy atom. The molecular formula is C26H22Cl2FN7O2. The molecule has 9 nitrogen and oxygen atoms in total. The molecule has 5 rings (SSSR count). The van der Waals surface area contributed by atoms with Crippen molar-refractivity contribution in [1.29, 1.82) is 0 Å². The predicted octanol–water partition coefficient (Wildman–Crippen LogP) is 4.09. The number of amides is 2. The van der Waals surface area contributed by atoms with Gasteiger partial charge in [-0.25, -0.2) is 9.07 Å². The first kappa shape index (κ1) is 25.8.